The maximum absolute atomic E-state index is 11.7. The number of carbonyl (C=O) groups excluding carboxylic acids is 2. The predicted molar refractivity (Wildman–Crippen MR) is 178 cm³/mol. The maximum Gasteiger partial charge on any atom is 0.412 e. The molecular weight excluding hydrogens is 536 g/mol. The normalized spacial score (nSPS) is 13.1. The van der Waals surface area contributed by atoms with Crippen molar-refractivity contribution in [2.75, 3.05) is 33.2 Å². The molecule has 1 aliphatic rings. The lowest BCUT2D eigenvalue weighted by Crippen LogP contribution is -2.45. The van der Waals surface area contributed by atoms with Crippen molar-refractivity contribution < 1.29 is 14.3 Å². The minimum Gasteiger partial charge on any atom is -0.410 e. The summed E-state index contributed by atoms with van der Waals surface area (Å²) in [4.78, 5) is 28.3. The molecule has 7 nitrogen and oxygen atoms in total. The largest absolute Gasteiger partial charge is 0.412 e. The number of piperidine rings is 1. The molecule has 1 fully saturated rings. The van der Waals surface area contributed by atoms with Gasteiger partial charge < -0.3 is 20.2 Å². The Morgan fingerprint density at radius 1 is 1.00 bits per heavy atom. The van der Waals surface area contributed by atoms with Gasteiger partial charge in [-0.05, 0) is 62.6 Å². The van der Waals surface area contributed by atoms with Gasteiger partial charge in [-0.25, -0.2) is 4.79 Å². The van der Waals surface area contributed by atoms with E-state index in [1.807, 2.05) is 50.6 Å². The van der Waals surface area contributed by atoms with E-state index in [-0.39, 0.29) is 6.04 Å². The number of hydrogen-bond acceptors (Lipinski definition) is 6. The molecule has 0 aliphatic carbocycles. The fourth-order valence-corrected chi connectivity index (χ4v) is 4.24. The van der Waals surface area contributed by atoms with Gasteiger partial charge in [0.2, 0.25) is 0 Å². The van der Waals surface area contributed by atoms with Gasteiger partial charge >= 0.3 is 6.09 Å². The highest BCUT2D eigenvalue weighted by Crippen LogP contribution is 2.19. The zero-order chi connectivity index (χ0) is 31.5. The molecule has 1 aliphatic heterocycles. The number of ether oxygens (including phenoxy) is 1. The summed E-state index contributed by atoms with van der Waals surface area (Å²) in [7, 11) is 2.00. The van der Waals surface area contributed by atoms with Gasteiger partial charge in [0, 0.05) is 44.0 Å². The van der Waals surface area contributed by atoms with Gasteiger partial charge in [-0.15, -0.1) is 6.58 Å². The molecule has 2 N–H and O–H groups in total. The number of benzene rings is 2. The van der Waals surface area contributed by atoms with Gasteiger partial charge in [0.05, 0.1) is 6.54 Å². The molecule has 3 aromatic rings. The van der Waals surface area contributed by atoms with E-state index in [0.29, 0.717) is 18.2 Å². The molecule has 230 valence electrons. The number of pyridine rings is 1. The first kappa shape index (κ1) is 36.7. The minimum atomic E-state index is -0.417. The van der Waals surface area contributed by atoms with Crippen molar-refractivity contribution in [2.24, 2.45) is 0 Å². The Bertz CT molecular complexity index is 1140. The van der Waals surface area contributed by atoms with E-state index in [9.17, 15) is 9.59 Å². The summed E-state index contributed by atoms with van der Waals surface area (Å²) < 4.78 is 5.17. The number of amides is 1. The quantitative estimate of drug-likeness (QED) is 0.158. The Morgan fingerprint density at radius 2 is 1.60 bits per heavy atom. The molecule has 4 rings (SSSR count). The second-order valence-electron chi connectivity index (χ2n) is 9.70. The second-order valence-corrected chi connectivity index (χ2v) is 9.70. The monoisotopic (exact) mass is 584 g/mol. The molecule has 0 spiro atoms. The Balaban J connectivity index is 0.000000355. The van der Waals surface area contributed by atoms with Crippen LogP contribution in [-0.2, 0) is 11.2 Å². The summed E-state index contributed by atoms with van der Waals surface area (Å²) in [6, 6.07) is 23.9. The summed E-state index contributed by atoms with van der Waals surface area (Å²) in [5.74, 6) is 1.05. The Kier molecular flexibility index (Phi) is 20.7. The van der Waals surface area contributed by atoms with Crippen LogP contribution in [0.3, 0.4) is 0 Å². The van der Waals surface area contributed by atoms with E-state index < -0.39 is 6.09 Å². The third-order valence-corrected chi connectivity index (χ3v) is 6.29. The molecule has 2 heterocycles. The van der Waals surface area contributed by atoms with Crippen LogP contribution in [-0.4, -0.2) is 61.5 Å². The minimum absolute atomic E-state index is 0.124. The number of aromatic nitrogens is 1. The lowest BCUT2D eigenvalue weighted by atomic mass is 9.92. The zero-order valence-corrected chi connectivity index (χ0v) is 25.7. The van der Waals surface area contributed by atoms with Gasteiger partial charge in [-0.2, -0.15) is 0 Å². The standard InChI is InChI=1S/C15H18N2.C14H18N2O3.C4H6.C3H6/c1-16-12-15(14-7-3-2-4-8-14)10-13-6-5-9-17-11-13;17-11-10-16-8-6-12(7-9-16)15-14(18)19-13-4-2-1-3-5-13;1-3-4-2;1-3-2/h2-9,11,15-16H,10,12H2,1H3;1-5,11-12H,6-10H2,(H,15,18);3-4H,1-2H2;3H,1H2,2H3. The molecule has 1 saturated heterocycles. The second kappa shape index (κ2) is 24.3. The van der Waals surface area contributed by atoms with Crippen molar-refractivity contribution >= 4 is 12.4 Å². The van der Waals surface area contributed by atoms with Crippen LogP contribution in [0.5, 0.6) is 5.75 Å². The highest BCUT2D eigenvalue weighted by atomic mass is 16.6. The lowest BCUT2D eigenvalue weighted by Gasteiger charge is -2.30. The molecule has 2 aromatic carbocycles. The summed E-state index contributed by atoms with van der Waals surface area (Å²) >= 11 is 0. The molecule has 0 radical (unpaired) electrons. The Morgan fingerprint density at radius 3 is 2.12 bits per heavy atom. The molecule has 7 heteroatoms. The number of aldehydes is 1. The van der Waals surface area contributed by atoms with Gasteiger partial charge in [0.25, 0.3) is 0 Å². The molecule has 1 aromatic heterocycles. The number of nitrogens with zero attached hydrogens (tertiary/aromatic N) is 2. The van der Waals surface area contributed by atoms with Crippen LogP contribution in [0.1, 0.15) is 36.8 Å². The average Bonchev–Trinajstić information content (AvgIpc) is 3.04. The number of carbonyl (C=O) groups is 2. The number of para-hydroxylation sites is 1. The third kappa shape index (κ3) is 17.3. The molecule has 43 heavy (non-hydrogen) atoms. The fourth-order valence-electron chi connectivity index (χ4n) is 4.24. The zero-order valence-electron chi connectivity index (χ0n) is 25.7. The first-order valence-corrected chi connectivity index (χ1v) is 14.6. The van der Waals surface area contributed by atoms with E-state index in [2.05, 4.69) is 76.7 Å². The third-order valence-electron chi connectivity index (χ3n) is 6.29. The van der Waals surface area contributed by atoms with Gasteiger partial charge in [0.1, 0.15) is 12.0 Å². The topological polar surface area (TPSA) is 83.6 Å². The molecule has 1 amide bonds. The Hall–Kier alpha value is -4.33. The Labute approximate surface area is 258 Å². The van der Waals surface area contributed by atoms with Crippen LogP contribution in [0, 0.1) is 0 Å². The van der Waals surface area contributed by atoms with E-state index in [0.717, 1.165) is 45.2 Å². The van der Waals surface area contributed by atoms with Crippen molar-refractivity contribution in [3.63, 3.8) is 0 Å². The van der Waals surface area contributed by atoms with Crippen molar-refractivity contribution in [2.45, 2.75) is 38.1 Å². The molecule has 0 bridgehead atoms. The van der Waals surface area contributed by atoms with E-state index in [1.54, 1.807) is 30.4 Å². The lowest BCUT2D eigenvalue weighted by molar-refractivity contribution is -0.109. The molecule has 0 saturated carbocycles. The van der Waals surface area contributed by atoms with Crippen LogP contribution in [0.15, 0.2) is 123 Å². The van der Waals surface area contributed by atoms with E-state index in [1.165, 1.54) is 11.1 Å². The van der Waals surface area contributed by atoms with Crippen LogP contribution < -0.4 is 15.4 Å². The summed E-state index contributed by atoms with van der Waals surface area (Å²) in [6.45, 7) is 15.1. The van der Waals surface area contributed by atoms with Crippen molar-refractivity contribution in [3.05, 3.63) is 134 Å². The van der Waals surface area contributed by atoms with Gasteiger partial charge in [-0.3, -0.25) is 9.88 Å². The SMILES string of the molecule is C=CC.C=CC=C.CNCC(Cc1cccnc1)c1ccccc1.O=CCN1CCC(NC(=O)Oc2ccccc2)CC1. The average molecular weight is 585 g/mol. The maximum atomic E-state index is 11.7. The van der Waals surface area contributed by atoms with Gasteiger partial charge in [-0.1, -0.05) is 86.0 Å². The number of allylic oxidation sites excluding steroid dienone is 3. The first-order chi connectivity index (χ1) is 21.0. The van der Waals surface area contributed by atoms with E-state index >= 15 is 0 Å². The molecular formula is C36H48N4O3. The van der Waals surface area contributed by atoms with Crippen molar-refractivity contribution in [3.8, 4) is 5.75 Å². The summed E-state index contributed by atoms with van der Waals surface area (Å²) in [5, 5.41) is 6.12. The number of nitrogens with one attached hydrogen (secondary N) is 2. The predicted octanol–water partition coefficient (Wildman–Crippen LogP) is 6.62. The fraction of sp³-hybridized carbons (Fsp3) is 0.306. The van der Waals surface area contributed by atoms with Crippen LogP contribution in [0.25, 0.3) is 0 Å². The van der Waals surface area contributed by atoms with Gasteiger partial charge in [0.15, 0.2) is 0 Å². The number of hydrogen-bond donors (Lipinski definition) is 2. The highest BCUT2D eigenvalue weighted by molar-refractivity contribution is 5.70. The molecule has 1 unspecified atom stereocenters. The molecule has 1 atom stereocenters. The first-order valence-electron chi connectivity index (χ1n) is 14.6. The summed E-state index contributed by atoms with van der Waals surface area (Å²) in [5.41, 5.74) is 2.67. The van der Waals surface area contributed by atoms with Crippen LogP contribution in [0.4, 0.5) is 4.79 Å². The number of likely N-dealkylation sites (tertiary alicyclic amines) is 1. The smallest absolute Gasteiger partial charge is 0.410 e. The van der Waals surface area contributed by atoms with Crippen LogP contribution in [0.2, 0.25) is 0 Å². The van der Waals surface area contributed by atoms with Crippen molar-refractivity contribution in [1.82, 2.24) is 20.5 Å². The number of rotatable bonds is 10. The highest BCUT2D eigenvalue weighted by Gasteiger charge is 2.20. The number of likely N-dealkylation sites (N-methyl/N-ethyl adjacent to an activating group) is 1. The van der Waals surface area contributed by atoms with Crippen molar-refractivity contribution in [1.29, 1.82) is 0 Å². The van der Waals surface area contributed by atoms with Crippen LogP contribution >= 0.6 is 0 Å². The summed E-state index contributed by atoms with van der Waals surface area (Å²) in [6.07, 6.45) is 12.0. The van der Waals surface area contributed by atoms with E-state index in [4.69, 9.17) is 4.74 Å².